The summed E-state index contributed by atoms with van der Waals surface area (Å²) in [4.78, 5) is 25.7. The summed E-state index contributed by atoms with van der Waals surface area (Å²) in [6, 6.07) is 0.796. The summed E-state index contributed by atoms with van der Waals surface area (Å²) >= 11 is 0. The van der Waals surface area contributed by atoms with Gasteiger partial charge in [-0.25, -0.2) is 13.6 Å². The molecule has 1 aromatic carbocycles. The SMILES string of the molecule is CC1(N)CCc2c(F)c(F)cc3c(=O)[nH]c(=O)n1c23. The molecule has 0 aliphatic carbocycles. The van der Waals surface area contributed by atoms with Gasteiger partial charge in [-0.05, 0) is 25.8 Å². The van der Waals surface area contributed by atoms with Crippen LogP contribution < -0.4 is 17.0 Å². The largest absolute Gasteiger partial charge is 0.330 e. The zero-order valence-electron chi connectivity index (χ0n) is 10.1. The van der Waals surface area contributed by atoms with Gasteiger partial charge in [-0.2, -0.15) is 0 Å². The third kappa shape index (κ3) is 1.48. The van der Waals surface area contributed by atoms with Gasteiger partial charge in [-0.3, -0.25) is 14.3 Å². The van der Waals surface area contributed by atoms with Gasteiger partial charge in [0.05, 0.1) is 16.6 Å². The third-order valence-electron chi connectivity index (χ3n) is 3.57. The number of H-pyrrole nitrogens is 1. The number of aromatic amines is 1. The average molecular weight is 267 g/mol. The molecule has 1 atom stereocenters. The molecule has 0 radical (unpaired) electrons. The molecule has 0 fully saturated rings. The molecule has 5 nitrogen and oxygen atoms in total. The first kappa shape index (κ1) is 12.0. The van der Waals surface area contributed by atoms with Crippen molar-refractivity contribution in [2.24, 2.45) is 5.73 Å². The topological polar surface area (TPSA) is 80.9 Å². The Kier molecular flexibility index (Phi) is 2.22. The van der Waals surface area contributed by atoms with E-state index < -0.39 is 28.5 Å². The predicted octanol–water partition coefficient (Wildman–Crippen LogP) is 0.546. The highest BCUT2D eigenvalue weighted by Gasteiger charge is 2.33. The number of nitrogens with two attached hydrogens (primary N) is 1. The lowest BCUT2D eigenvalue weighted by atomic mass is 9.93. The summed E-state index contributed by atoms with van der Waals surface area (Å²) in [7, 11) is 0. The first-order chi connectivity index (χ1) is 8.83. The Balaban J connectivity index is 2.67. The molecule has 0 amide bonds. The molecule has 1 aliphatic rings. The molecule has 0 saturated heterocycles. The zero-order chi connectivity index (χ0) is 13.9. The van der Waals surface area contributed by atoms with Gasteiger partial charge in [-0.1, -0.05) is 0 Å². The molecular weight excluding hydrogens is 256 g/mol. The normalized spacial score (nSPS) is 21.9. The molecule has 19 heavy (non-hydrogen) atoms. The van der Waals surface area contributed by atoms with Crippen LogP contribution in [0.5, 0.6) is 0 Å². The fourth-order valence-corrected chi connectivity index (χ4v) is 2.62. The summed E-state index contributed by atoms with van der Waals surface area (Å²) in [6.45, 7) is 1.61. The minimum absolute atomic E-state index is 0.0288. The predicted molar refractivity (Wildman–Crippen MR) is 64.9 cm³/mol. The van der Waals surface area contributed by atoms with Crippen molar-refractivity contribution in [2.75, 3.05) is 0 Å². The van der Waals surface area contributed by atoms with E-state index in [4.69, 9.17) is 5.73 Å². The molecule has 1 unspecified atom stereocenters. The van der Waals surface area contributed by atoms with Crippen LogP contribution in [0.2, 0.25) is 0 Å². The van der Waals surface area contributed by atoms with Crippen LogP contribution in [0.4, 0.5) is 8.78 Å². The molecular formula is C12H11F2N3O2. The fourth-order valence-electron chi connectivity index (χ4n) is 2.62. The van der Waals surface area contributed by atoms with Crippen LogP contribution in [-0.4, -0.2) is 9.55 Å². The van der Waals surface area contributed by atoms with Crippen LogP contribution in [0.3, 0.4) is 0 Å². The second kappa shape index (κ2) is 3.51. The summed E-state index contributed by atoms with van der Waals surface area (Å²) in [6.07, 6.45) is 0.456. The van der Waals surface area contributed by atoms with E-state index in [0.29, 0.717) is 0 Å². The van der Waals surface area contributed by atoms with Crippen molar-refractivity contribution in [1.29, 1.82) is 0 Å². The molecule has 100 valence electrons. The molecule has 0 bridgehead atoms. The average Bonchev–Trinajstić information content (AvgIpc) is 2.30. The van der Waals surface area contributed by atoms with Gasteiger partial charge in [0.2, 0.25) is 0 Å². The second-order valence-corrected chi connectivity index (χ2v) is 5.00. The van der Waals surface area contributed by atoms with Crippen molar-refractivity contribution in [3.8, 4) is 0 Å². The molecule has 7 heteroatoms. The van der Waals surface area contributed by atoms with Gasteiger partial charge in [0.15, 0.2) is 11.6 Å². The Morgan fingerprint density at radius 2 is 2.11 bits per heavy atom. The number of hydrogen-bond donors (Lipinski definition) is 2. The number of hydrogen-bond acceptors (Lipinski definition) is 3. The molecule has 1 aliphatic heterocycles. The zero-order valence-corrected chi connectivity index (χ0v) is 10.1. The summed E-state index contributed by atoms with van der Waals surface area (Å²) in [5, 5.41) is -0.0649. The van der Waals surface area contributed by atoms with Gasteiger partial charge in [-0.15, -0.1) is 0 Å². The number of aromatic nitrogens is 2. The minimum atomic E-state index is -1.10. The Hall–Kier alpha value is -2.02. The highest BCUT2D eigenvalue weighted by molar-refractivity contribution is 5.82. The van der Waals surface area contributed by atoms with E-state index in [1.165, 1.54) is 0 Å². The monoisotopic (exact) mass is 267 g/mol. The van der Waals surface area contributed by atoms with Gasteiger partial charge >= 0.3 is 5.69 Å². The van der Waals surface area contributed by atoms with E-state index in [-0.39, 0.29) is 29.3 Å². The molecule has 1 aromatic heterocycles. The van der Waals surface area contributed by atoms with E-state index in [9.17, 15) is 18.4 Å². The van der Waals surface area contributed by atoms with E-state index in [0.717, 1.165) is 10.6 Å². The Morgan fingerprint density at radius 3 is 2.79 bits per heavy atom. The number of benzene rings is 1. The van der Waals surface area contributed by atoms with Gasteiger partial charge < -0.3 is 5.73 Å². The number of nitrogens with zero attached hydrogens (tertiary/aromatic N) is 1. The Morgan fingerprint density at radius 1 is 1.42 bits per heavy atom. The lowest BCUT2D eigenvalue weighted by Gasteiger charge is -2.33. The number of nitrogens with one attached hydrogen (secondary N) is 1. The summed E-state index contributed by atoms with van der Waals surface area (Å²) in [5.74, 6) is -2.12. The molecule has 0 saturated carbocycles. The Bertz CT molecular complexity index is 820. The maximum absolute atomic E-state index is 13.8. The Labute approximate surface area is 105 Å². The number of halogens is 2. The number of aryl methyl sites for hydroxylation is 1. The third-order valence-corrected chi connectivity index (χ3v) is 3.57. The van der Waals surface area contributed by atoms with Crippen molar-refractivity contribution >= 4 is 10.9 Å². The van der Waals surface area contributed by atoms with Crippen molar-refractivity contribution in [2.45, 2.75) is 25.4 Å². The fraction of sp³-hybridized carbons (Fsp3) is 0.333. The highest BCUT2D eigenvalue weighted by Crippen LogP contribution is 2.31. The van der Waals surface area contributed by atoms with E-state index in [1.807, 2.05) is 0 Å². The lowest BCUT2D eigenvalue weighted by Crippen LogP contribution is -2.51. The maximum Gasteiger partial charge on any atom is 0.330 e. The van der Waals surface area contributed by atoms with Crippen LogP contribution in [0, 0.1) is 11.6 Å². The first-order valence-electron chi connectivity index (χ1n) is 5.78. The van der Waals surface area contributed by atoms with Crippen LogP contribution in [0.1, 0.15) is 18.9 Å². The quantitative estimate of drug-likeness (QED) is 0.731. The van der Waals surface area contributed by atoms with Crippen LogP contribution >= 0.6 is 0 Å². The molecule has 3 N–H and O–H groups in total. The standard InChI is InChI=1S/C12H11F2N3O2/c1-12(15)3-2-5-8(14)7(13)4-6-9(5)17(12)11(19)16-10(6)18/h4H,2-3,15H2,1H3,(H,16,18,19). The summed E-state index contributed by atoms with van der Waals surface area (Å²) < 4.78 is 28.4. The van der Waals surface area contributed by atoms with Gasteiger partial charge in [0.25, 0.3) is 5.56 Å². The second-order valence-electron chi connectivity index (χ2n) is 5.00. The van der Waals surface area contributed by atoms with Gasteiger partial charge in [0, 0.05) is 5.56 Å². The lowest BCUT2D eigenvalue weighted by molar-refractivity contribution is 0.287. The molecule has 2 aromatic rings. The molecule has 0 spiro atoms. The van der Waals surface area contributed by atoms with Crippen LogP contribution in [-0.2, 0) is 12.1 Å². The van der Waals surface area contributed by atoms with Crippen molar-refractivity contribution in [1.82, 2.24) is 9.55 Å². The van der Waals surface area contributed by atoms with Crippen LogP contribution in [0.15, 0.2) is 15.7 Å². The first-order valence-corrected chi connectivity index (χ1v) is 5.78. The van der Waals surface area contributed by atoms with E-state index in [1.54, 1.807) is 6.92 Å². The van der Waals surface area contributed by atoms with Crippen molar-refractivity contribution in [3.05, 3.63) is 44.1 Å². The number of rotatable bonds is 0. The van der Waals surface area contributed by atoms with Gasteiger partial charge in [0.1, 0.15) is 0 Å². The smallest absolute Gasteiger partial charge is 0.308 e. The van der Waals surface area contributed by atoms with E-state index >= 15 is 0 Å². The van der Waals surface area contributed by atoms with E-state index in [2.05, 4.69) is 4.98 Å². The van der Waals surface area contributed by atoms with Crippen molar-refractivity contribution < 1.29 is 8.78 Å². The molecule has 3 rings (SSSR count). The molecule has 2 heterocycles. The summed E-state index contributed by atoms with van der Waals surface area (Å²) in [5.41, 5.74) is 3.63. The maximum atomic E-state index is 13.8. The highest BCUT2D eigenvalue weighted by atomic mass is 19.2. The van der Waals surface area contributed by atoms with Crippen molar-refractivity contribution in [3.63, 3.8) is 0 Å². The minimum Gasteiger partial charge on any atom is -0.308 e. The van der Waals surface area contributed by atoms with Crippen LogP contribution in [0.25, 0.3) is 10.9 Å².